The third-order valence-corrected chi connectivity index (χ3v) is 4.28. The molecule has 1 rings (SSSR count). The zero-order valence-corrected chi connectivity index (χ0v) is 7.79. The fourth-order valence-electron chi connectivity index (χ4n) is 1.17. The molecule has 0 amide bonds. The molecule has 66 valence electrons. The van der Waals surface area contributed by atoms with Crippen LogP contribution in [0.3, 0.4) is 0 Å². The van der Waals surface area contributed by atoms with Crippen molar-refractivity contribution in [1.82, 2.24) is 5.32 Å². The van der Waals surface area contributed by atoms with Gasteiger partial charge >= 0.3 is 0 Å². The highest BCUT2D eigenvalue weighted by Crippen LogP contribution is 2.10. The third kappa shape index (κ3) is 2.32. The average molecular weight is 198 g/mol. The van der Waals surface area contributed by atoms with E-state index in [9.17, 15) is 8.42 Å². The molecule has 11 heavy (non-hydrogen) atoms. The predicted molar refractivity (Wildman–Crippen MR) is 45.8 cm³/mol. The molecule has 1 aliphatic rings. The minimum atomic E-state index is -2.83. The Balaban J connectivity index is 2.60. The first-order chi connectivity index (χ1) is 5.17. The van der Waals surface area contributed by atoms with Gasteiger partial charge in [-0.15, -0.1) is 11.6 Å². The molecule has 1 atom stereocenters. The largest absolute Gasteiger partial charge is 0.314 e. The van der Waals surface area contributed by atoms with E-state index in [1.807, 2.05) is 0 Å². The first kappa shape index (κ1) is 9.29. The van der Waals surface area contributed by atoms with Crippen LogP contribution in [-0.4, -0.2) is 38.4 Å². The third-order valence-electron chi connectivity index (χ3n) is 1.87. The van der Waals surface area contributed by atoms with Crippen molar-refractivity contribution >= 4 is 21.4 Å². The van der Waals surface area contributed by atoms with Gasteiger partial charge in [-0.1, -0.05) is 0 Å². The van der Waals surface area contributed by atoms with Crippen LogP contribution in [0.15, 0.2) is 0 Å². The summed E-state index contributed by atoms with van der Waals surface area (Å²) in [4.78, 5) is 0. The van der Waals surface area contributed by atoms with Gasteiger partial charge in [-0.25, -0.2) is 8.42 Å². The molecule has 3 nitrogen and oxygen atoms in total. The maximum atomic E-state index is 11.3. The molecule has 1 fully saturated rings. The van der Waals surface area contributed by atoms with Crippen molar-refractivity contribution in [2.75, 3.05) is 24.7 Å². The maximum absolute atomic E-state index is 11.3. The van der Waals surface area contributed by atoms with Gasteiger partial charge in [0.05, 0.1) is 11.0 Å². The molecule has 5 heteroatoms. The summed E-state index contributed by atoms with van der Waals surface area (Å²) >= 11 is 5.47. The summed E-state index contributed by atoms with van der Waals surface area (Å²) in [5, 5.41) is 2.78. The van der Waals surface area contributed by atoms with Crippen LogP contribution in [0.5, 0.6) is 0 Å². The van der Waals surface area contributed by atoms with Crippen LogP contribution in [-0.2, 0) is 9.84 Å². The van der Waals surface area contributed by atoms with Crippen LogP contribution in [0.1, 0.15) is 6.42 Å². The van der Waals surface area contributed by atoms with E-state index in [4.69, 9.17) is 11.6 Å². The molecule has 0 aliphatic carbocycles. The Morgan fingerprint density at radius 3 is 2.82 bits per heavy atom. The summed E-state index contributed by atoms with van der Waals surface area (Å²) in [6, 6.07) is 0. The lowest BCUT2D eigenvalue weighted by atomic mass is 10.3. The number of halogens is 1. The smallest absolute Gasteiger partial charge is 0.155 e. The quantitative estimate of drug-likeness (QED) is 0.635. The van der Waals surface area contributed by atoms with Crippen molar-refractivity contribution in [2.24, 2.45) is 0 Å². The van der Waals surface area contributed by atoms with E-state index in [-0.39, 0.29) is 11.0 Å². The van der Waals surface area contributed by atoms with Crippen molar-refractivity contribution in [3.8, 4) is 0 Å². The molecular formula is C6H12ClNO2S. The van der Waals surface area contributed by atoms with Gasteiger partial charge in [0.15, 0.2) is 9.84 Å². The van der Waals surface area contributed by atoms with E-state index < -0.39 is 9.84 Å². The standard InChI is InChI=1S/C6H12ClNO2S/c7-2-1-6-5-8-3-4-11(6,9)10/h6,8H,1-5H2. The lowest BCUT2D eigenvalue weighted by Gasteiger charge is -2.22. The molecule has 1 aliphatic heterocycles. The van der Waals surface area contributed by atoms with E-state index in [2.05, 4.69) is 5.32 Å². The highest BCUT2D eigenvalue weighted by atomic mass is 35.5. The second-order valence-electron chi connectivity index (χ2n) is 2.67. The van der Waals surface area contributed by atoms with Gasteiger partial charge in [-0.2, -0.15) is 0 Å². The lowest BCUT2D eigenvalue weighted by Crippen LogP contribution is -2.44. The fraction of sp³-hybridized carbons (Fsp3) is 1.00. The summed E-state index contributed by atoms with van der Waals surface area (Å²) in [6.07, 6.45) is 0.566. The molecule has 0 aromatic rings. The first-order valence-corrected chi connectivity index (χ1v) is 5.90. The molecule has 0 radical (unpaired) electrons. The normalized spacial score (nSPS) is 30.1. The van der Waals surface area contributed by atoms with E-state index in [1.54, 1.807) is 0 Å². The molecule has 0 aromatic carbocycles. The van der Waals surface area contributed by atoms with E-state index in [0.717, 1.165) is 0 Å². The summed E-state index contributed by atoms with van der Waals surface area (Å²) in [7, 11) is -2.83. The SMILES string of the molecule is O=S1(=O)CCNCC1CCCl. The van der Waals surface area contributed by atoms with Crippen LogP contribution in [0.4, 0.5) is 0 Å². The zero-order valence-electron chi connectivity index (χ0n) is 6.22. The number of alkyl halides is 1. The van der Waals surface area contributed by atoms with Crippen LogP contribution in [0.25, 0.3) is 0 Å². The maximum Gasteiger partial charge on any atom is 0.155 e. The monoisotopic (exact) mass is 197 g/mol. The highest BCUT2D eigenvalue weighted by Gasteiger charge is 2.27. The molecule has 0 aromatic heterocycles. The van der Waals surface area contributed by atoms with Gasteiger partial charge in [-0.3, -0.25) is 0 Å². The minimum Gasteiger partial charge on any atom is -0.314 e. The Hall–Kier alpha value is 0.200. The molecule has 1 unspecified atom stereocenters. The van der Waals surface area contributed by atoms with Gasteiger partial charge < -0.3 is 5.32 Å². The van der Waals surface area contributed by atoms with E-state index in [1.165, 1.54) is 0 Å². The fourth-order valence-corrected chi connectivity index (χ4v) is 3.18. The number of hydrogen-bond donors (Lipinski definition) is 1. The van der Waals surface area contributed by atoms with Crippen molar-refractivity contribution < 1.29 is 8.42 Å². The molecule has 1 saturated heterocycles. The van der Waals surface area contributed by atoms with Gasteiger partial charge in [0.2, 0.25) is 0 Å². The van der Waals surface area contributed by atoms with Gasteiger partial charge in [0.1, 0.15) is 0 Å². The highest BCUT2D eigenvalue weighted by molar-refractivity contribution is 7.92. The Bertz CT molecular complexity index is 213. The number of rotatable bonds is 2. The lowest BCUT2D eigenvalue weighted by molar-refractivity contribution is 0.541. The Morgan fingerprint density at radius 2 is 2.27 bits per heavy atom. The van der Waals surface area contributed by atoms with E-state index >= 15 is 0 Å². The second-order valence-corrected chi connectivity index (χ2v) is 5.45. The number of sulfone groups is 1. The number of hydrogen-bond acceptors (Lipinski definition) is 3. The van der Waals surface area contributed by atoms with Crippen molar-refractivity contribution in [1.29, 1.82) is 0 Å². The predicted octanol–water partition coefficient (Wildman–Crippen LogP) is 0.00190. The first-order valence-electron chi connectivity index (χ1n) is 3.65. The number of nitrogens with one attached hydrogen (secondary N) is 1. The minimum absolute atomic E-state index is 0.256. The summed E-state index contributed by atoms with van der Waals surface area (Å²) in [6.45, 7) is 1.15. The molecule has 1 N–H and O–H groups in total. The van der Waals surface area contributed by atoms with Crippen molar-refractivity contribution in [3.05, 3.63) is 0 Å². The van der Waals surface area contributed by atoms with Crippen molar-refractivity contribution in [2.45, 2.75) is 11.7 Å². The van der Waals surface area contributed by atoms with Gasteiger partial charge in [0, 0.05) is 19.0 Å². The topological polar surface area (TPSA) is 46.2 Å². The van der Waals surface area contributed by atoms with Crippen molar-refractivity contribution in [3.63, 3.8) is 0 Å². The van der Waals surface area contributed by atoms with E-state index in [0.29, 0.717) is 25.4 Å². The Kier molecular flexibility index (Phi) is 3.16. The zero-order chi connectivity index (χ0) is 8.32. The molecule has 0 saturated carbocycles. The summed E-state index contributed by atoms with van der Waals surface area (Å²) in [5.41, 5.74) is 0. The molecule has 0 bridgehead atoms. The van der Waals surface area contributed by atoms with Crippen LogP contribution in [0.2, 0.25) is 0 Å². The van der Waals surface area contributed by atoms with Gasteiger partial charge in [-0.05, 0) is 6.42 Å². The van der Waals surface area contributed by atoms with Crippen LogP contribution >= 0.6 is 11.6 Å². The molecule has 1 heterocycles. The molecular weight excluding hydrogens is 186 g/mol. The Labute approximate surface area is 72.0 Å². The summed E-state index contributed by atoms with van der Waals surface area (Å²) in [5.74, 6) is 0.681. The molecule has 0 spiro atoms. The van der Waals surface area contributed by atoms with Gasteiger partial charge in [0.25, 0.3) is 0 Å². The second kappa shape index (κ2) is 3.74. The summed E-state index contributed by atoms with van der Waals surface area (Å²) < 4.78 is 22.5. The average Bonchev–Trinajstić information content (AvgIpc) is 1.94. The Morgan fingerprint density at radius 1 is 1.55 bits per heavy atom. The van der Waals surface area contributed by atoms with Crippen LogP contribution < -0.4 is 5.32 Å². The van der Waals surface area contributed by atoms with Crippen LogP contribution in [0, 0.1) is 0 Å².